The molecule has 2 amide bonds. The lowest BCUT2D eigenvalue weighted by molar-refractivity contribution is -0.128. The first kappa shape index (κ1) is 24.2. The van der Waals surface area contributed by atoms with Gasteiger partial charge in [-0.1, -0.05) is 74.5 Å². The van der Waals surface area contributed by atoms with Crippen LogP contribution in [0.2, 0.25) is 5.04 Å². The van der Waals surface area contributed by atoms with Crippen LogP contribution in [0.15, 0.2) is 60.7 Å². The number of carbonyl (C=O) groups is 2. The summed E-state index contributed by atoms with van der Waals surface area (Å²) in [6.45, 7) is 9.61. The topological polar surface area (TPSA) is 66.8 Å². The van der Waals surface area contributed by atoms with Crippen molar-refractivity contribution in [1.82, 2.24) is 4.90 Å². The standard InChI is InChI=1S/C26H35NO4Si/c1-25(2,3)31-24(29)27-20(16-17-23(27)28)18-19-26(4,5)32(30,21-12-8-6-9-13-21)22-14-10-7-11-15-22/h6-15,20,30H,16-19H2,1-5H3/t20-/m0/s1. The third kappa shape index (κ3) is 4.97. The van der Waals surface area contributed by atoms with Gasteiger partial charge in [0.05, 0.1) is 0 Å². The van der Waals surface area contributed by atoms with Crippen LogP contribution in [0.3, 0.4) is 0 Å². The summed E-state index contributed by atoms with van der Waals surface area (Å²) >= 11 is 0. The van der Waals surface area contributed by atoms with Crippen molar-refractivity contribution in [2.45, 2.75) is 77.0 Å². The van der Waals surface area contributed by atoms with Gasteiger partial charge in [0.25, 0.3) is 8.32 Å². The molecule has 32 heavy (non-hydrogen) atoms. The van der Waals surface area contributed by atoms with Gasteiger partial charge in [-0.25, -0.2) is 9.69 Å². The van der Waals surface area contributed by atoms with Gasteiger partial charge < -0.3 is 9.53 Å². The minimum atomic E-state index is -3.13. The van der Waals surface area contributed by atoms with Crippen molar-refractivity contribution in [3.8, 4) is 0 Å². The van der Waals surface area contributed by atoms with Crippen molar-refractivity contribution in [3.05, 3.63) is 60.7 Å². The van der Waals surface area contributed by atoms with Gasteiger partial charge >= 0.3 is 6.09 Å². The molecule has 0 spiro atoms. The Balaban J connectivity index is 1.86. The lowest BCUT2D eigenvalue weighted by Gasteiger charge is -2.42. The number of nitrogens with zero attached hydrogens (tertiary/aromatic N) is 1. The zero-order valence-electron chi connectivity index (χ0n) is 19.8. The van der Waals surface area contributed by atoms with Gasteiger partial charge in [-0.05, 0) is 55.4 Å². The van der Waals surface area contributed by atoms with Crippen molar-refractivity contribution in [1.29, 1.82) is 0 Å². The van der Waals surface area contributed by atoms with Crippen molar-refractivity contribution >= 4 is 30.7 Å². The normalized spacial score (nSPS) is 17.5. The fraction of sp³-hybridized carbons (Fsp3) is 0.462. The maximum atomic E-state index is 12.7. The number of hydrogen-bond acceptors (Lipinski definition) is 4. The zero-order valence-corrected chi connectivity index (χ0v) is 20.8. The molecule has 6 heteroatoms. The molecule has 1 heterocycles. The number of amides is 2. The van der Waals surface area contributed by atoms with Crippen LogP contribution in [-0.4, -0.2) is 41.7 Å². The molecule has 1 saturated heterocycles. The second-order valence-corrected chi connectivity index (χ2v) is 14.2. The Labute approximate surface area is 192 Å². The van der Waals surface area contributed by atoms with Crippen molar-refractivity contribution in [2.24, 2.45) is 0 Å². The summed E-state index contributed by atoms with van der Waals surface area (Å²) in [5.41, 5.74) is -0.655. The molecule has 0 aromatic heterocycles. The molecule has 0 bridgehead atoms. The van der Waals surface area contributed by atoms with E-state index in [0.29, 0.717) is 25.7 Å². The molecule has 0 unspecified atom stereocenters. The molecule has 1 fully saturated rings. The predicted octanol–water partition coefficient (Wildman–Crippen LogP) is 4.23. The Morgan fingerprint density at radius 1 is 1.00 bits per heavy atom. The summed E-state index contributed by atoms with van der Waals surface area (Å²) in [4.78, 5) is 38.7. The molecule has 3 rings (SSSR count). The Morgan fingerprint density at radius 3 is 1.97 bits per heavy atom. The van der Waals surface area contributed by atoms with Crippen LogP contribution in [0.4, 0.5) is 4.79 Å². The van der Waals surface area contributed by atoms with E-state index in [4.69, 9.17) is 4.74 Å². The molecule has 1 aliphatic rings. The highest BCUT2D eigenvalue weighted by Crippen LogP contribution is 2.41. The second kappa shape index (κ2) is 9.20. The van der Waals surface area contributed by atoms with Crippen LogP contribution in [0.25, 0.3) is 0 Å². The number of benzene rings is 2. The minimum Gasteiger partial charge on any atom is -0.443 e. The van der Waals surface area contributed by atoms with Crippen molar-refractivity contribution in [2.75, 3.05) is 0 Å². The molecular weight excluding hydrogens is 418 g/mol. The average Bonchev–Trinajstić information content (AvgIpc) is 3.12. The minimum absolute atomic E-state index is 0.180. The SMILES string of the molecule is CC(C)(C)OC(=O)N1C(=O)CC[C@H]1CCC(C)(C)[Si](O)(c1ccccc1)c1ccccc1. The quantitative estimate of drug-likeness (QED) is 0.665. The first-order valence-corrected chi connectivity index (χ1v) is 13.3. The number of ether oxygens (including phenoxy) is 1. The van der Waals surface area contributed by atoms with Crippen LogP contribution in [-0.2, 0) is 9.53 Å². The van der Waals surface area contributed by atoms with E-state index in [0.717, 1.165) is 10.4 Å². The molecule has 0 saturated carbocycles. The highest BCUT2D eigenvalue weighted by atomic mass is 28.4. The van der Waals surface area contributed by atoms with E-state index in [-0.39, 0.29) is 11.9 Å². The van der Waals surface area contributed by atoms with Crippen molar-refractivity contribution in [3.63, 3.8) is 0 Å². The van der Waals surface area contributed by atoms with E-state index in [1.165, 1.54) is 4.90 Å². The fourth-order valence-electron chi connectivity index (χ4n) is 4.59. The van der Waals surface area contributed by atoms with E-state index in [1.807, 2.05) is 60.7 Å². The Bertz CT molecular complexity index is 898. The molecule has 1 aliphatic heterocycles. The van der Waals surface area contributed by atoms with Gasteiger partial charge in [0.1, 0.15) is 5.60 Å². The molecule has 172 valence electrons. The van der Waals surface area contributed by atoms with Crippen LogP contribution in [0, 0.1) is 0 Å². The summed E-state index contributed by atoms with van der Waals surface area (Å²) in [7, 11) is -3.13. The fourth-order valence-corrected chi connectivity index (χ4v) is 8.35. The lowest BCUT2D eigenvalue weighted by Crippen LogP contribution is -2.65. The maximum absolute atomic E-state index is 12.7. The summed E-state index contributed by atoms with van der Waals surface area (Å²) in [5, 5.41) is 1.49. The zero-order chi connectivity index (χ0) is 23.6. The predicted molar refractivity (Wildman–Crippen MR) is 130 cm³/mol. The first-order valence-electron chi connectivity index (χ1n) is 11.3. The smallest absolute Gasteiger partial charge is 0.417 e. The van der Waals surface area contributed by atoms with E-state index in [1.54, 1.807) is 20.8 Å². The molecule has 2 aromatic rings. The van der Waals surface area contributed by atoms with Gasteiger partial charge in [-0.3, -0.25) is 4.79 Å². The Hall–Kier alpha value is -2.44. The Morgan fingerprint density at radius 2 is 1.50 bits per heavy atom. The van der Waals surface area contributed by atoms with Gasteiger partial charge in [-0.2, -0.15) is 0 Å². The van der Waals surface area contributed by atoms with E-state index in [9.17, 15) is 14.4 Å². The largest absolute Gasteiger partial charge is 0.443 e. The third-order valence-corrected chi connectivity index (χ3v) is 10.9. The lowest BCUT2D eigenvalue weighted by atomic mass is 10.0. The van der Waals surface area contributed by atoms with Gasteiger partial charge in [-0.15, -0.1) is 0 Å². The molecule has 5 nitrogen and oxygen atoms in total. The van der Waals surface area contributed by atoms with Gasteiger partial charge in [0.15, 0.2) is 0 Å². The van der Waals surface area contributed by atoms with Gasteiger partial charge in [0, 0.05) is 12.5 Å². The third-order valence-electron chi connectivity index (χ3n) is 6.38. The first-order chi connectivity index (χ1) is 15.0. The second-order valence-electron chi connectivity index (χ2n) is 10.3. The number of rotatable bonds is 6. The monoisotopic (exact) mass is 453 g/mol. The summed E-state index contributed by atoms with van der Waals surface area (Å²) in [6.07, 6.45) is 1.72. The van der Waals surface area contributed by atoms with Crippen LogP contribution in [0.1, 0.15) is 60.3 Å². The molecule has 1 N–H and O–H groups in total. The average molecular weight is 454 g/mol. The van der Waals surface area contributed by atoms with E-state index in [2.05, 4.69) is 13.8 Å². The highest BCUT2D eigenvalue weighted by Gasteiger charge is 2.50. The molecule has 0 aliphatic carbocycles. The number of hydrogen-bond donors (Lipinski definition) is 1. The van der Waals surface area contributed by atoms with Crippen LogP contribution < -0.4 is 10.4 Å². The van der Waals surface area contributed by atoms with Crippen LogP contribution in [0.5, 0.6) is 0 Å². The summed E-state index contributed by atoms with van der Waals surface area (Å²) < 4.78 is 5.49. The van der Waals surface area contributed by atoms with Gasteiger partial charge in [0.2, 0.25) is 5.91 Å². The maximum Gasteiger partial charge on any atom is 0.417 e. The van der Waals surface area contributed by atoms with E-state index >= 15 is 0 Å². The number of imide groups is 1. The highest BCUT2D eigenvalue weighted by molar-refractivity contribution is 6.98. The number of carbonyl (C=O) groups excluding carboxylic acids is 2. The van der Waals surface area contributed by atoms with Crippen molar-refractivity contribution < 1.29 is 19.1 Å². The molecule has 0 radical (unpaired) electrons. The van der Waals surface area contributed by atoms with Crippen LogP contribution >= 0.6 is 0 Å². The summed E-state index contributed by atoms with van der Waals surface area (Å²) in [6, 6.07) is 19.6. The van der Waals surface area contributed by atoms with E-state index < -0.39 is 25.0 Å². The number of likely N-dealkylation sites (tertiary alicyclic amines) is 1. The summed E-state index contributed by atoms with van der Waals surface area (Å²) in [5.74, 6) is -0.180. The molecule has 2 aromatic carbocycles. The molecular formula is C26H35NO4Si. The molecule has 1 atom stereocenters. The Kier molecular flexibility index (Phi) is 6.96.